The predicted octanol–water partition coefficient (Wildman–Crippen LogP) is 7.89. The summed E-state index contributed by atoms with van der Waals surface area (Å²) < 4.78 is 25.7. The number of hydrogen-bond acceptors (Lipinski definition) is 7. The molecule has 7 rings (SSSR count). The number of carbonyl (C=O) groups excluding carboxylic acids is 2. The number of pyridine rings is 2. The average molecular weight is 764 g/mol. The molecule has 2 aromatic carbocycles. The summed E-state index contributed by atoms with van der Waals surface area (Å²) in [5, 5.41) is 15.9. The zero-order valence-electron chi connectivity index (χ0n) is 28.8. The molecule has 10 nitrogen and oxygen atoms in total. The lowest BCUT2D eigenvalue weighted by atomic mass is 9.99. The molecule has 276 valence electrons. The highest BCUT2D eigenvalue weighted by atomic mass is 35.5. The molecule has 0 unspecified atom stereocenters. The highest BCUT2D eigenvalue weighted by Crippen LogP contribution is 2.43. The normalized spacial score (nSPS) is 17.7. The Morgan fingerprint density at radius 3 is 2.11 bits per heavy atom. The molecular weight excluding hydrogens is 725 g/mol. The Hall–Kier alpha value is -4.49. The first-order chi connectivity index (χ1) is 25.5. The number of nitrogens with zero attached hydrogens (tertiary/aromatic N) is 4. The van der Waals surface area contributed by atoms with Gasteiger partial charge in [0, 0.05) is 43.2 Å². The summed E-state index contributed by atoms with van der Waals surface area (Å²) in [6, 6.07) is 13.3. The van der Waals surface area contributed by atoms with E-state index in [9.17, 15) is 28.3 Å². The number of aliphatic carboxylic acids is 1. The van der Waals surface area contributed by atoms with Gasteiger partial charge < -0.3 is 15.7 Å². The van der Waals surface area contributed by atoms with Crippen molar-refractivity contribution >= 4 is 52.4 Å². The summed E-state index contributed by atoms with van der Waals surface area (Å²) in [5.74, 6) is -1.42. The van der Waals surface area contributed by atoms with Gasteiger partial charge in [-0.25, -0.2) is 8.78 Å². The minimum atomic E-state index is -2.42. The molecular formula is C39H38Cl2F2N6O4. The van der Waals surface area contributed by atoms with Crippen molar-refractivity contribution < 1.29 is 28.3 Å². The van der Waals surface area contributed by atoms with Crippen molar-refractivity contribution in [2.45, 2.75) is 70.0 Å². The molecule has 3 aliphatic rings. The van der Waals surface area contributed by atoms with Crippen molar-refractivity contribution in [2.75, 3.05) is 30.3 Å². The van der Waals surface area contributed by atoms with Crippen LogP contribution >= 0.6 is 23.2 Å². The number of alkyl halides is 2. The smallest absolute Gasteiger partial charge is 0.320 e. The second kappa shape index (κ2) is 15.9. The van der Waals surface area contributed by atoms with E-state index in [-0.39, 0.29) is 28.0 Å². The van der Waals surface area contributed by atoms with Crippen molar-refractivity contribution in [3.05, 3.63) is 105 Å². The number of carboxylic acids is 1. The topological polar surface area (TPSA) is 128 Å². The van der Waals surface area contributed by atoms with E-state index in [4.69, 9.17) is 23.2 Å². The van der Waals surface area contributed by atoms with Crippen molar-refractivity contribution in [1.29, 1.82) is 0 Å². The van der Waals surface area contributed by atoms with Crippen LogP contribution in [0.1, 0.15) is 81.3 Å². The highest BCUT2D eigenvalue weighted by Gasteiger charge is 2.32. The van der Waals surface area contributed by atoms with Crippen LogP contribution in [-0.2, 0) is 24.3 Å². The van der Waals surface area contributed by atoms with Crippen molar-refractivity contribution in [1.82, 2.24) is 19.8 Å². The van der Waals surface area contributed by atoms with Crippen LogP contribution in [0.5, 0.6) is 0 Å². The maximum Gasteiger partial charge on any atom is 0.320 e. The Kier molecular flexibility index (Phi) is 11.0. The van der Waals surface area contributed by atoms with Crippen molar-refractivity contribution in [3.8, 4) is 11.1 Å². The third-order valence-corrected chi connectivity index (χ3v) is 10.9. The highest BCUT2D eigenvalue weighted by molar-refractivity contribution is 6.40. The molecule has 2 aliphatic heterocycles. The van der Waals surface area contributed by atoms with Gasteiger partial charge in [0.05, 0.1) is 28.0 Å². The average Bonchev–Trinajstić information content (AvgIpc) is 3.99. The molecule has 1 saturated heterocycles. The number of halogens is 4. The van der Waals surface area contributed by atoms with Crippen LogP contribution in [0.25, 0.3) is 11.1 Å². The lowest BCUT2D eigenvalue weighted by molar-refractivity contribution is -0.144. The predicted molar refractivity (Wildman–Crippen MR) is 199 cm³/mol. The number of nitrogens with one attached hydrogen (secondary N) is 2. The third kappa shape index (κ3) is 8.36. The number of carboxylic acid groups (broad SMARTS) is 1. The van der Waals surface area contributed by atoms with Gasteiger partial charge in [0.1, 0.15) is 17.4 Å². The molecule has 0 bridgehead atoms. The first kappa shape index (κ1) is 36.9. The molecule has 2 aromatic heterocycles. The van der Waals surface area contributed by atoms with E-state index in [0.29, 0.717) is 67.4 Å². The van der Waals surface area contributed by atoms with Crippen LogP contribution in [0.4, 0.5) is 20.2 Å². The second-order valence-corrected chi connectivity index (χ2v) is 14.6. The Labute approximate surface area is 315 Å². The molecule has 0 radical (unpaired) electrons. The minimum Gasteiger partial charge on any atom is -0.480 e. The molecule has 1 atom stereocenters. The lowest BCUT2D eigenvalue weighted by Gasteiger charge is -2.33. The maximum absolute atomic E-state index is 13.5. The molecule has 4 aromatic rings. The Balaban J connectivity index is 1.06. The van der Waals surface area contributed by atoms with Crippen LogP contribution < -0.4 is 10.6 Å². The number of fused-ring (bicyclic) bond motifs is 1. The van der Waals surface area contributed by atoms with Gasteiger partial charge in [0.15, 0.2) is 0 Å². The van der Waals surface area contributed by atoms with Gasteiger partial charge in [-0.05, 0) is 91.1 Å². The molecule has 2 fully saturated rings. The minimum absolute atomic E-state index is 0.178. The summed E-state index contributed by atoms with van der Waals surface area (Å²) in [5.41, 5.74) is 5.82. The standard InChI is InChI=1S/C39H38Cl2F2N6O4/c40-35-26(5-3-7-29(35)46-37(50)31-15-23-12-14-48(21-34(42)43)19-24(23)17-44-31)27-6-4-8-30(36(27)41)47-38(51)32-16-28(22-10-11-22)25(18-45-32)20-49-13-2-1-9-33(49)39(52)53/h3-8,15-18,22,33-34H,1-2,9-14,19-21H2,(H,46,50)(H,47,51)(H,52,53)/t33-/m0/s1. The van der Waals surface area contributed by atoms with E-state index in [1.807, 2.05) is 11.0 Å². The van der Waals surface area contributed by atoms with Crippen LogP contribution in [0, 0.1) is 0 Å². The van der Waals surface area contributed by atoms with Gasteiger partial charge >= 0.3 is 5.97 Å². The lowest BCUT2D eigenvalue weighted by Crippen LogP contribution is -2.44. The number of aromatic nitrogens is 2. The van der Waals surface area contributed by atoms with Gasteiger partial charge in [-0.1, -0.05) is 53.9 Å². The van der Waals surface area contributed by atoms with Crippen LogP contribution in [0.3, 0.4) is 0 Å². The fraction of sp³-hybridized carbons (Fsp3) is 0.359. The Morgan fingerprint density at radius 2 is 1.49 bits per heavy atom. The largest absolute Gasteiger partial charge is 0.480 e. The summed E-state index contributed by atoms with van der Waals surface area (Å²) >= 11 is 13.7. The van der Waals surface area contributed by atoms with Crippen molar-refractivity contribution in [2.24, 2.45) is 0 Å². The summed E-state index contributed by atoms with van der Waals surface area (Å²) in [7, 11) is 0. The van der Waals surface area contributed by atoms with E-state index < -0.39 is 30.3 Å². The third-order valence-electron chi connectivity index (χ3n) is 10.1. The zero-order chi connectivity index (χ0) is 37.2. The van der Waals surface area contributed by atoms with E-state index in [1.54, 1.807) is 59.8 Å². The molecule has 2 amide bonds. The molecule has 14 heteroatoms. The number of benzene rings is 2. The molecule has 0 spiro atoms. The number of carbonyl (C=O) groups is 3. The van der Waals surface area contributed by atoms with E-state index in [1.165, 1.54) is 0 Å². The monoisotopic (exact) mass is 762 g/mol. The fourth-order valence-electron chi connectivity index (χ4n) is 7.23. The van der Waals surface area contributed by atoms with Gasteiger partial charge in [-0.2, -0.15) is 0 Å². The number of likely N-dealkylation sites (tertiary alicyclic amines) is 1. The number of amides is 2. The van der Waals surface area contributed by atoms with Gasteiger partial charge in [0.2, 0.25) is 0 Å². The molecule has 4 heterocycles. The number of hydrogen-bond donors (Lipinski definition) is 3. The second-order valence-electron chi connectivity index (χ2n) is 13.8. The van der Waals surface area contributed by atoms with E-state index >= 15 is 0 Å². The summed E-state index contributed by atoms with van der Waals surface area (Å²) in [6.07, 6.45) is 5.83. The number of anilines is 2. The SMILES string of the molecule is O=C(Nc1cccc(-c2cccc(NC(=O)c3cc(C4CC4)c(CN4CCCC[C@H]4C(=O)O)cn3)c2Cl)c1Cl)c1cc2c(cn1)CN(CC(F)F)CC2. The van der Waals surface area contributed by atoms with Gasteiger partial charge in [-0.3, -0.25) is 34.2 Å². The molecule has 3 N–H and O–H groups in total. The van der Waals surface area contributed by atoms with Crippen LogP contribution in [0.15, 0.2) is 60.9 Å². The van der Waals surface area contributed by atoms with E-state index in [2.05, 4.69) is 20.6 Å². The quantitative estimate of drug-likeness (QED) is 0.141. The van der Waals surface area contributed by atoms with Crippen LogP contribution in [-0.4, -0.2) is 74.8 Å². The Bertz CT molecular complexity index is 2060. The fourth-order valence-corrected chi connectivity index (χ4v) is 7.78. The van der Waals surface area contributed by atoms with E-state index in [0.717, 1.165) is 47.9 Å². The number of piperidine rings is 1. The Morgan fingerprint density at radius 1 is 0.849 bits per heavy atom. The van der Waals surface area contributed by atoms with Gasteiger partial charge in [0.25, 0.3) is 18.2 Å². The molecule has 53 heavy (non-hydrogen) atoms. The van der Waals surface area contributed by atoms with Crippen LogP contribution in [0.2, 0.25) is 10.0 Å². The first-order valence-electron chi connectivity index (χ1n) is 17.7. The first-order valence-corrected chi connectivity index (χ1v) is 18.5. The zero-order valence-corrected chi connectivity index (χ0v) is 30.3. The molecule has 1 aliphatic carbocycles. The van der Waals surface area contributed by atoms with Gasteiger partial charge in [-0.15, -0.1) is 0 Å². The molecule has 1 saturated carbocycles. The maximum atomic E-state index is 13.5. The summed E-state index contributed by atoms with van der Waals surface area (Å²) in [4.78, 5) is 51.1. The van der Waals surface area contributed by atoms with Crippen molar-refractivity contribution in [3.63, 3.8) is 0 Å². The summed E-state index contributed by atoms with van der Waals surface area (Å²) in [6.45, 7) is 1.69. The number of rotatable bonds is 11.